The molecular weight excluding hydrogens is 372 g/mol. The Labute approximate surface area is 118 Å². The second-order valence-corrected chi connectivity index (χ2v) is 7.47. The van der Waals surface area contributed by atoms with Crippen LogP contribution in [0.5, 0.6) is 0 Å². The van der Waals surface area contributed by atoms with Gasteiger partial charge in [0.1, 0.15) is 4.90 Å². The molecule has 0 bridgehead atoms. The van der Waals surface area contributed by atoms with Gasteiger partial charge < -0.3 is 5.73 Å². The van der Waals surface area contributed by atoms with Gasteiger partial charge in [-0.2, -0.15) is 0 Å². The number of hydrogen-bond donors (Lipinski definition) is 2. The SMILES string of the molecule is CC(C)CNS(=O)(=O)c1c(Br)cc(N)cc1Br. The Bertz CT molecular complexity index is 492. The number of hydrogen-bond acceptors (Lipinski definition) is 3. The third kappa shape index (κ3) is 3.94. The van der Waals surface area contributed by atoms with E-state index < -0.39 is 10.0 Å². The molecule has 17 heavy (non-hydrogen) atoms. The molecule has 96 valence electrons. The molecule has 0 aliphatic rings. The maximum atomic E-state index is 12.1. The van der Waals surface area contributed by atoms with E-state index in [0.717, 1.165) is 0 Å². The highest BCUT2D eigenvalue weighted by molar-refractivity contribution is 9.11. The van der Waals surface area contributed by atoms with E-state index in [-0.39, 0.29) is 10.8 Å². The molecule has 7 heteroatoms. The highest BCUT2D eigenvalue weighted by Crippen LogP contribution is 2.32. The van der Waals surface area contributed by atoms with Crippen LogP contribution >= 0.6 is 31.9 Å². The molecule has 1 aromatic carbocycles. The quantitative estimate of drug-likeness (QED) is 0.782. The van der Waals surface area contributed by atoms with Crippen LogP contribution in [-0.4, -0.2) is 15.0 Å². The molecule has 0 amide bonds. The lowest BCUT2D eigenvalue weighted by Gasteiger charge is -2.12. The number of sulfonamides is 1. The Morgan fingerprint density at radius 1 is 1.29 bits per heavy atom. The molecule has 3 N–H and O–H groups in total. The third-order valence-corrected chi connectivity index (χ3v) is 5.27. The van der Waals surface area contributed by atoms with Gasteiger partial charge >= 0.3 is 0 Å². The lowest BCUT2D eigenvalue weighted by Crippen LogP contribution is -2.28. The Kier molecular flexibility index (Phi) is 5.00. The average Bonchev–Trinajstić information content (AvgIpc) is 2.12. The number of benzene rings is 1. The first kappa shape index (κ1) is 14.9. The van der Waals surface area contributed by atoms with Crippen molar-refractivity contribution < 1.29 is 8.42 Å². The molecule has 0 unspecified atom stereocenters. The summed E-state index contributed by atoms with van der Waals surface area (Å²) in [6, 6.07) is 3.13. The van der Waals surface area contributed by atoms with E-state index in [4.69, 9.17) is 5.73 Å². The Morgan fingerprint density at radius 3 is 2.18 bits per heavy atom. The first-order chi connectivity index (χ1) is 7.74. The van der Waals surface area contributed by atoms with Gasteiger partial charge in [0.25, 0.3) is 0 Å². The summed E-state index contributed by atoms with van der Waals surface area (Å²) in [4.78, 5) is 0.173. The van der Waals surface area contributed by atoms with Gasteiger partial charge in [-0.3, -0.25) is 0 Å². The van der Waals surface area contributed by atoms with Gasteiger partial charge in [0.15, 0.2) is 0 Å². The second kappa shape index (κ2) is 5.69. The van der Waals surface area contributed by atoms with Crippen molar-refractivity contribution in [3.63, 3.8) is 0 Å². The maximum Gasteiger partial charge on any atom is 0.242 e. The molecule has 0 fully saturated rings. The molecule has 4 nitrogen and oxygen atoms in total. The summed E-state index contributed by atoms with van der Waals surface area (Å²) in [6.07, 6.45) is 0. The third-order valence-electron chi connectivity index (χ3n) is 1.97. The number of anilines is 1. The summed E-state index contributed by atoms with van der Waals surface area (Å²) in [5, 5.41) is 0. The normalized spacial score (nSPS) is 12.1. The Balaban J connectivity index is 3.16. The van der Waals surface area contributed by atoms with E-state index in [9.17, 15) is 8.42 Å². The van der Waals surface area contributed by atoms with Gasteiger partial charge in [0.05, 0.1) is 0 Å². The van der Waals surface area contributed by atoms with E-state index in [2.05, 4.69) is 36.6 Å². The van der Waals surface area contributed by atoms with E-state index in [0.29, 0.717) is 21.2 Å². The fourth-order valence-corrected chi connectivity index (χ4v) is 5.01. The summed E-state index contributed by atoms with van der Waals surface area (Å²) >= 11 is 6.42. The van der Waals surface area contributed by atoms with Crippen LogP contribution in [0.15, 0.2) is 26.0 Å². The molecule has 0 aromatic heterocycles. The molecule has 1 aromatic rings. The summed E-state index contributed by atoms with van der Waals surface area (Å²) in [6.45, 7) is 4.27. The Hall–Kier alpha value is -0.110. The fourth-order valence-electron chi connectivity index (χ4n) is 1.18. The summed E-state index contributed by atoms with van der Waals surface area (Å²) in [7, 11) is -3.53. The van der Waals surface area contributed by atoms with Crippen LogP contribution < -0.4 is 10.5 Å². The van der Waals surface area contributed by atoms with E-state index in [1.807, 2.05) is 13.8 Å². The van der Waals surface area contributed by atoms with Crippen LogP contribution in [0.2, 0.25) is 0 Å². The minimum atomic E-state index is -3.53. The smallest absolute Gasteiger partial charge is 0.242 e. The molecule has 0 saturated heterocycles. The predicted octanol–water partition coefficient (Wildman–Crippen LogP) is 2.73. The summed E-state index contributed by atoms with van der Waals surface area (Å²) in [5.41, 5.74) is 6.11. The first-order valence-electron chi connectivity index (χ1n) is 4.98. The lowest BCUT2D eigenvalue weighted by molar-refractivity contribution is 0.559. The highest BCUT2D eigenvalue weighted by Gasteiger charge is 2.21. The van der Waals surface area contributed by atoms with Gasteiger partial charge in [0, 0.05) is 21.2 Å². The van der Waals surface area contributed by atoms with Gasteiger partial charge in [-0.15, -0.1) is 0 Å². The monoisotopic (exact) mass is 384 g/mol. The van der Waals surface area contributed by atoms with E-state index in [1.165, 1.54) is 0 Å². The molecule has 0 saturated carbocycles. The molecular formula is C10H14Br2N2O2S. The van der Waals surface area contributed by atoms with Crippen molar-refractivity contribution in [2.24, 2.45) is 5.92 Å². The number of rotatable bonds is 4. The van der Waals surface area contributed by atoms with Crippen LogP contribution in [-0.2, 0) is 10.0 Å². The van der Waals surface area contributed by atoms with Gasteiger partial charge in [0.2, 0.25) is 10.0 Å². The van der Waals surface area contributed by atoms with Gasteiger partial charge in [-0.05, 0) is 49.9 Å². The second-order valence-electron chi connectivity index (χ2n) is 4.06. The molecule has 1 rings (SSSR count). The standard InChI is InChI=1S/C10H14Br2N2O2S/c1-6(2)5-14-17(15,16)10-8(11)3-7(13)4-9(10)12/h3-4,6,14H,5,13H2,1-2H3. The lowest BCUT2D eigenvalue weighted by atomic mass is 10.2. The van der Waals surface area contributed by atoms with Crippen LogP contribution in [0, 0.1) is 5.92 Å². The Morgan fingerprint density at radius 2 is 1.76 bits per heavy atom. The van der Waals surface area contributed by atoms with Crippen molar-refractivity contribution in [3.8, 4) is 0 Å². The minimum Gasteiger partial charge on any atom is -0.399 e. The number of nitrogens with two attached hydrogens (primary N) is 1. The number of nitrogen functional groups attached to an aromatic ring is 1. The zero-order chi connectivity index (χ0) is 13.2. The van der Waals surface area contributed by atoms with Crippen molar-refractivity contribution in [1.29, 1.82) is 0 Å². The molecule has 0 atom stereocenters. The first-order valence-corrected chi connectivity index (χ1v) is 8.05. The van der Waals surface area contributed by atoms with Crippen LogP contribution in [0.4, 0.5) is 5.69 Å². The van der Waals surface area contributed by atoms with Crippen molar-refractivity contribution in [1.82, 2.24) is 4.72 Å². The number of halogens is 2. The average molecular weight is 386 g/mol. The molecule has 0 aliphatic heterocycles. The maximum absolute atomic E-state index is 12.1. The summed E-state index contributed by atoms with van der Waals surface area (Å²) < 4.78 is 27.6. The van der Waals surface area contributed by atoms with Crippen LogP contribution in [0.1, 0.15) is 13.8 Å². The van der Waals surface area contributed by atoms with Crippen molar-refractivity contribution in [2.45, 2.75) is 18.7 Å². The zero-order valence-electron chi connectivity index (χ0n) is 9.50. The molecule has 0 aliphatic carbocycles. The zero-order valence-corrected chi connectivity index (χ0v) is 13.5. The predicted molar refractivity (Wildman–Crippen MR) is 76.3 cm³/mol. The molecule has 0 radical (unpaired) electrons. The van der Waals surface area contributed by atoms with E-state index in [1.54, 1.807) is 12.1 Å². The summed E-state index contributed by atoms with van der Waals surface area (Å²) in [5.74, 6) is 0.246. The topological polar surface area (TPSA) is 72.2 Å². The minimum absolute atomic E-state index is 0.173. The van der Waals surface area contributed by atoms with Crippen molar-refractivity contribution >= 4 is 47.6 Å². The van der Waals surface area contributed by atoms with Gasteiger partial charge in [-0.1, -0.05) is 13.8 Å². The molecule has 0 heterocycles. The van der Waals surface area contributed by atoms with Crippen molar-refractivity contribution in [2.75, 3.05) is 12.3 Å². The fraction of sp³-hybridized carbons (Fsp3) is 0.400. The van der Waals surface area contributed by atoms with Crippen LogP contribution in [0.3, 0.4) is 0 Å². The van der Waals surface area contributed by atoms with Crippen molar-refractivity contribution in [3.05, 3.63) is 21.1 Å². The molecule has 0 spiro atoms. The highest BCUT2D eigenvalue weighted by atomic mass is 79.9. The number of nitrogens with one attached hydrogen (secondary N) is 1. The van der Waals surface area contributed by atoms with Gasteiger partial charge in [-0.25, -0.2) is 13.1 Å². The largest absolute Gasteiger partial charge is 0.399 e. The van der Waals surface area contributed by atoms with Crippen LogP contribution in [0.25, 0.3) is 0 Å². The van der Waals surface area contributed by atoms with E-state index >= 15 is 0 Å².